The molecule has 104 valence electrons. The van der Waals surface area contributed by atoms with Gasteiger partial charge in [-0.15, -0.1) is 0 Å². The number of aliphatic hydroxyl groups excluding tert-OH is 1. The highest BCUT2D eigenvalue weighted by molar-refractivity contribution is 5.40. The molecule has 1 aliphatic heterocycles. The molecule has 5 nitrogen and oxygen atoms in total. The minimum Gasteiger partial charge on any atom is -0.393 e. The van der Waals surface area contributed by atoms with Crippen LogP contribution in [0, 0.1) is 21.8 Å². The largest absolute Gasteiger partial charge is 0.393 e. The van der Waals surface area contributed by atoms with Gasteiger partial charge in [0.15, 0.2) is 0 Å². The maximum absolute atomic E-state index is 13.2. The van der Waals surface area contributed by atoms with Gasteiger partial charge in [-0.3, -0.25) is 15.0 Å². The number of benzene rings is 1. The lowest BCUT2D eigenvalue weighted by Crippen LogP contribution is -2.24. The van der Waals surface area contributed by atoms with E-state index in [1.807, 2.05) is 4.90 Å². The molecular weight excluding hydrogens is 251 g/mol. The number of likely N-dealkylation sites (tertiary alicyclic amines) is 1. The summed E-state index contributed by atoms with van der Waals surface area (Å²) in [5, 5.41) is 20.4. The van der Waals surface area contributed by atoms with Crippen molar-refractivity contribution < 1.29 is 14.4 Å². The van der Waals surface area contributed by atoms with E-state index < -0.39 is 10.7 Å². The highest BCUT2D eigenvalue weighted by Gasteiger charge is 2.27. The minimum atomic E-state index is -0.489. The molecule has 0 bridgehead atoms. The third-order valence-corrected chi connectivity index (χ3v) is 3.62. The molecule has 0 radical (unpaired) electrons. The summed E-state index contributed by atoms with van der Waals surface area (Å²) >= 11 is 0. The molecule has 19 heavy (non-hydrogen) atoms. The van der Waals surface area contributed by atoms with Crippen LogP contribution in [0.15, 0.2) is 18.2 Å². The second-order valence-electron chi connectivity index (χ2n) is 5.05. The topological polar surface area (TPSA) is 66.6 Å². The number of hydrogen-bond donors (Lipinski definition) is 1. The van der Waals surface area contributed by atoms with E-state index in [2.05, 4.69) is 0 Å². The van der Waals surface area contributed by atoms with Gasteiger partial charge in [0.05, 0.1) is 11.0 Å². The lowest BCUT2D eigenvalue weighted by Gasteiger charge is -2.17. The Morgan fingerprint density at radius 3 is 2.95 bits per heavy atom. The Hall–Kier alpha value is -1.53. The SMILES string of the molecule is CC(O)C1CCN(Cc2cc(F)ccc2[N+](=O)[O-])C1. The summed E-state index contributed by atoms with van der Waals surface area (Å²) in [5.41, 5.74) is 0.332. The summed E-state index contributed by atoms with van der Waals surface area (Å²) in [7, 11) is 0. The van der Waals surface area contributed by atoms with Crippen LogP contribution < -0.4 is 0 Å². The Morgan fingerprint density at radius 1 is 1.63 bits per heavy atom. The number of nitro groups is 1. The minimum absolute atomic E-state index is 0.0538. The van der Waals surface area contributed by atoms with Crippen molar-refractivity contribution in [1.82, 2.24) is 4.90 Å². The van der Waals surface area contributed by atoms with Crippen LogP contribution in [0.4, 0.5) is 10.1 Å². The summed E-state index contributed by atoms with van der Waals surface area (Å²) in [6.45, 7) is 3.55. The molecule has 0 spiro atoms. The molecule has 1 N–H and O–H groups in total. The molecular formula is C13H17FN2O3. The first-order valence-corrected chi connectivity index (χ1v) is 6.30. The van der Waals surface area contributed by atoms with Crippen molar-refractivity contribution in [2.75, 3.05) is 13.1 Å². The van der Waals surface area contributed by atoms with Crippen LogP contribution in [-0.2, 0) is 6.54 Å². The maximum Gasteiger partial charge on any atom is 0.274 e. The molecule has 1 heterocycles. The summed E-state index contributed by atoms with van der Waals surface area (Å²) in [5.74, 6) is -0.278. The van der Waals surface area contributed by atoms with Gasteiger partial charge in [-0.05, 0) is 37.9 Å². The first-order valence-electron chi connectivity index (χ1n) is 6.30. The van der Waals surface area contributed by atoms with Gasteiger partial charge in [-0.2, -0.15) is 0 Å². The monoisotopic (exact) mass is 268 g/mol. The Bertz CT molecular complexity index is 479. The Balaban J connectivity index is 2.11. The van der Waals surface area contributed by atoms with Crippen LogP contribution in [0.3, 0.4) is 0 Å². The van der Waals surface area contributed by atoms with Gasteiger partial charge in [0, 0.05) is 24.7 Å². The number of halogens is 1. The Labute approximate surface area is 110 Å². The second-order valence-corrected chi connectivity index (χ2v) is 5.05. The maximum atomic E-state index is 13.2. The van der Waals surface area contributed by atoms with E-state index in [1.54, 1.807) is 6.92 Å². The van der Waals surface area contributed by atoms with Crippen molar-refractivity contribution in [3.63, 3.8) is 0 Å². The normalized spacial score (nSPS) is 21.5. The fourth-order valence-electron chi connectivity index (χ4n) is 2.50. The molecule has 2 unspecified atom stereocenters. The molecule has 1 fully saturated rings. The third kappa shape index (κ3) is 3.27. The zero-order valence-corrected chi connectivity index (χ0v) is 10.8. The van der Waals surface area contributed by atoms with Crippen molar-refractivity contribution in [1.29, 1.82) is 0 Å². The van der Waals surface area contributed by atoms with Crippen LogP contribution in [0.25, 0.3) is 0 Å². The number of nitro benzene ring substituents is 1. The van der Waals surface area contributed by atoms with Crippen molar-refractivity contribution in [3.05, 3.63) is 39.7 Å². The third-order valence-electron chi connectivity index (χ3n) is 3.62. The predicted molar refractivity (Wildman–Crippen MR) is 68.1 cm³/mol. The van der Waals surface area contributed by atoms with Crippen molar-refractivity contribution in [2.45, 2.75) is 26.0 Å². The van der Waals surface area contributed by atoms with Gasteiger partial charge in [0.25, 0.3) is 5.69 Å². The molecule has 0 amide bonds. The van der Waals surface area contributed by atoms with Gasteiger partial charge in [-0.25, -0.2) is 4.39 Å². The van der Waals surface area contributed by atoms with Gasteiger partial charge in [0.1, 0.15) is 5.82 Å². The molecule has 6 heteroatoms. The van der Waals surface area contributed by atoms with Gasteiger partial charge in [0.2, 0.25) is 0 Å². The van der Waals surface area contributed by atoms with E-state index in [0.29, 0.717) is 18.7 Å². The van der Waals surface area contributed by atoms with Crippen LogP contribution in [0.2, 0.25) is 0 Å². The highest BCUT2D eigenvalue weighted by Crippen LogP contribution is 2.25. The lowest BCUT2D eigenvalue weighted by atomic mass is 10.0. The molecule has 0 aromatic heterocycles. The smallest absolute Gasteiger partial charge is 0.274 e. The predicted octanol–water partition coefficient (Wildman–Crippen LogP) is 1.94. The van der Waals surface area contributed by atoms with Gasteiger partial charge >= 0.3 is 0 Å². The zero-order chi connectivity index (χ0) is 14.0. The molecule has 0 aliphatic carbocycles. The fourth-order valence-corrected chi connectivity index (χ4v) is 2.50. The first kappa shape index (κ1) is 13.9. The molecule has 1 saturated heterocycles. The molecule has 2 atom stereocenters. The van der Waals surface area contributed by atoms with Gasteiger partial charge in [-0.1, -0.05) is 0 Å². The van der Waals surface area contributed by atoms with Crippen LogP contribution >= 0.6 is 0 Å². The van der Waals surface area contributed by atoms with E-state index in [9.17, 15) is 19.6 Å². The van der Waals surface area contributed by atoms with E-state index >= 15 is 0 Å². The van der Waals surface area contributed by atoms with Gasteiger partial charge < -0.3 is 5.11 Å². The lowest BCUT2D eigenvalue weighted by molar-refractivity contribution is -0.385. The fraction of sp³-hybridized carbons (Fsp3) is 0.538. The summed E-state index contributed by atoms with van der Waals surface area (Å²) in [4.78, 5) is 12.4. The van der Waals surface area contributed by atoms with Crippen molar-refractivity contribution in [3.8, 4) is 0 Å². The van der Waals surface area contributed by atoms with Crippen LogP contribution in [-0.4, -0.2) is 34.1 Å². The number of rotatable bonds is 4. The summed E-state index contributed by atoms with van der Waals surface area (Å²) < 4.78 is 13.2. The first-order chi connectivity index (χ1) is 8.97. The average molecular weight is 268 g/mol. The number of nitrogens with zero attached hydrogens (tertiary/aromatic N) is 2. The molecule has 1 aromatic rings. The molecule has 2 rings (SSSR count). The average Bonchev–Trinajstić information content (AvgIpc) is 2.77. The van der Waals surface area contributed by atoms with Crippen LogP contribution in [0.1, 0.15) is 18.9 Å². The Morgan fingerprint density at radius 2 is 2.37 bits per heavy atom. The van der Waals surface area contributed by atoms with E-state index in [0.717, 1.165) is 19.0 Å². The Kier molecular flexibility index (Phi) is 4.11. The summed E-state index contributed by atoms with van der Waals surface area (Å²) in [6, 6.07) is 3.52. The second kappa shape index (κ2) is 5.63. The zero-order valence-electron chi connectivity index (χ0n) is 10.8. The van der Waals surface area contributed by atoms with Crippen LogP contribution in [0.5, 0.6) is 0 Å². The van der Waals surface area contributed by atoms with Crippen molar-refractivity contribution in [2.24, 2.45) is 5.92 Å². The number of hydrogen-bond acceptors (Lipinski definition) is 4. The van der Waals surface area contributed by atoms with E-state index in [4.69, 9.17) is 0 Å². The van der Waals surface area contributed by atoms with E-state index in [1.165, 1.54) is 12.1 Å². The number of aliphatic hydroxyl groups is 1. The summed E-state index contributed by atoms with van der Waals surface area (Å²) in [6.07, 6.45) is 0.480. The molecule has 0 saturated carbocycles. The quantitative estimate of drug-likeness (QED) is 0.669. The van der Waals surface area contributed by atoms with E-state index in [-0.39, 0.29) is 17.7 Å². The van der Waals surface area contributed by atoms with Crippen molar-refractivity contribution >= 4 is 5.69 Å². The standard InChI is InChI=1S/C13H17FN2O3/c1-9(17)10-4-5-15(7-10)8-11-6-12(14)2-3-13(11)16(18)19/h2-3,6,9-10,17H,4-5,7-8H2,1H3. The molecule has 1 aliphatic rings. The highest BCUT2D eigenvalue weighted by atomic mass is 19.1. The molecule has 1 aromatic carbocycles.